The van der Waals surface area contributed by atoms with Crippen molar-refractivity contribution in [2.45, 2.75) is 26.3 Å². The van der Waals surface area contributed by atoms with Gasteiger partial charge < -0.3 is 5.73 Å². The number of rotatable bonds is 4. The van der Waals surface area contributed by atoms with E-state index in [9.17, 15) is 0 Å². The van der Waals surface area contributed by atoms with E-state index in [0.29, 0.717) is 5.92 Å². The average molecular weight is 315 g/mol. The Kier molecular flexibility index (Phi) is 4.80. The van der Waals surface area contributed by atoms with Gasteiger partial charge in [-0.3, -0.25) is 0 Å². The van der Waals surface area contributed by atoms with Gasteiger partial charge in [-0.05, 0) is 52.6 Å². The third-order valence-corrected chi connectivity index (χ3v) is 3.31. The van der Waals surface area contributed by atoms with Crippen LogP contribution >= 0.6 is 22.6 Å². The van der Waals surface area contributed by atoms with Crippen molar-refractivity contribution in [1.29, 1.82) is 0 Å². The summed E-state index contributed by atoms with van der Waals surface area (Å²) in [6.07, 6.45) is 0.883. The highest BCUT2D eigenvalue weighted by Gasteiger charge is 2.10. The lowest BCUT2D eigenvalue weighted by Crippen LogP contribution is -2.27. The summed E-state index contributed by atoms with van der Waals surface area (Å²) in [5, 5.41) is 0. The fraction of sp³-hybridized carbons (Fsp3) is 0.385. The summed E-state index contributed by atoms with van der Waals surface area (Å²) >= 11 is 2.31. The maximum absolute atomic E-state index is 6.09. The summed E-state index contributed by atoms with van der Waals surface area (Å²) in [6.45, 7) is 8.31. The fourth-order valence-electron chi connectivity index (χ4n) is 1.43. The molecule has 0 spiro atoms. The molecule has 82 valence electrons. The van der Waals surface area contributed by atoms with E-state index in [-0.39, 0.29) is 6.04 Å². The van der Waals surface area contributed by atoms with E-state index in [1.165, 1.54) is 9.13 Å². The molecule has 0 aliphatic carbocycles. The van der Waals surface area contributed by atoms with Gasteiger partial charge in [-0.15, -0.1) is 0 Å². The minimum atomic E-state index is 0.0741. The van der Waals surface area contributed by atoms with Crippen molar-refractivity contribution < 1.29 is 0 Å². The second kappa shape index (κ2) is 5.66. The lowest BCUT2D eigenvalue weighted by molar-refractivity contribution is 0.642. The molecule has 0 amide bonds. The lowest BCUT2D eigenvalue weighted by Gasteiger charge is -2.17. The van der Waals surface area contributed by atoms with Crippen LogP contribution in [0.2, 0.25) is 0 Å². The van der Waals surface area contributed by atoms with E-state index in [0.717, 1.165) is 12.0 Å². The Bertz CT molecular complexity index is 327. The van der Waals surface area contributed by atoms with Crippen LogP contribution in [0.4, 0.5) is 0 Å². The van der Waals surface area contributed by atoms with Crippen molar-refractivity contribution in [1.82, 2.24) is 0 Å². The zero-order valence-electron chi connectivity index (χ0n) is 9.33. The predicted molar refractivity (Wildman–Crippen MR) is 74.8 cm³/mol. The van der Waals surface area contributed by atoms with Gasteiger partial charge in [0.05, 0.1) is 0 Å². The molecule has 15 heavy (non-hydrogen) atoms. The molecule has 0 aliphatic heterocycles. The first-order valence-corrected chi connectivity index (χ1v) is 6.27. The Balaban J connectivity index is 2.62. The minimum Gasteiger partial charge on any atom is -0.324 e. The topological polar surface area (TPSA) is 26.0 Å². The molecule has 1 atom stereocenters. The minimum absolute atomic E-state index is 0.0741. The molecule has 0 fully saturated rings. The maximum Gasteiger partial charge on any atom is 0.0294 e. The molecule has 1 rings (SSSR count). The first-order valence-electron chi connectivity index (χ1n) is 5.19. The molecule has 2 heteroatoms. The third-order valence-electron chi connectivity index (χ3n) is 2.59. The monoisotopic (exact) mass is 315 g/mol. The van der Waals surface area contributed by atoms with Crippen LogP contribution < -0.4 is 5.73 Å². The van der Waals surface area contributed by atoms with Crippen molar-refractivity contribution in [3.05, 3.63) is 45.6 Å². The Hall–Kier alpha value is -0.350. The molecule has 2 N–H and O–H groups in total. The molecule has 1 aromatic carbocycles. The van der Waals surface area contributed by atoms with Crippen molar-refractivity contribution in [2.24, 2.45) is 11.7 Å². The Labute approximate surface area is 106 Å². The van der Waals surface area contributed by atoms with E-state index < -0.39 is 0 Å². The average Bonchev–Trinajstić information content (AvgIpc) is 2.20. The smallest absolute Gasteiger partial charge is 0.0294 e. The Morgan fingerprint density at radius 2 is 1.87 bits per heavy atom. The standard InChI is InChI=1S/C13H18IN/c1-9(2)10(3)13(15)8-11-4-6-12(14)7-5-11/h4-7,9,13H,3,8,15H2,1-2H3/t13-/m1/s1. The molecule has 0 bridgehead atoms. The highest BCUT2D eigenvalue weighted by atomic mass is 127. The Morgan fingerprint density at radius 1 is 1.33 bits per heavy atom. The molecule has 0 aliphatic rings. The second-order valence-corrected chi connectivity index (χ2v) is 5.41. The van der Waals surface area contributed by atoms with Gasteiger partial charge >= 0.3 is 0 Å². The van der Waals surface area contributed by atoms with Crippen LogP contribution in [0.25, 0.3) is 0 Å². The summed E-state index contributed by atoms with van der Waals surface area (Å²) < 4.78 is 1.26. The number of hydrogen-bond donors (Lipinski definition) is 1. The fourth-order valence-corrected chi connectivity index (χ4v) is 1.79. The molecular weight excluding hydrogens is 297 g/mol. The zero-order chi connectivity index (χ0) is 11.4. The van der Waals surface area contributed by atoms with Crippen molar-refractivity contribution in [2.75, 3.05) is 0 Å². The van der Waals surface area contributed by atoms with Gasteiger partial charge in [0, 0.05) is 9.61 Å². The predicted octanol–water partition coefficient (Wildman–Crippen LogP) is 3.37. The van der Waals surface area contributed by atoms with Gasteiger partial charge in [0.25, 0.3) is 0 Å². The van der Waals surface area contributed by atoms with Gasteiger partial charge in [0.2, 0.25) is 0 Å². The van der Waals surface area contributed by atoms with Crippen molar-refractivity contribution in [3.8, 4) is 0 Å². The molecule has 0 aromatic heterocycles. The SMILES string of the molecule is C=C(C(C)C)[C@H](N)Cc1ccc(I)cc1. The highest BCUT2D eigenvalue weighted by Crippen LogP contribution is 2.15. The van der Waals surface area contributed by atoms with Crippen LogP contribution in [-0.4, -0.2) is 6.04 Å². The molecule has 0 saturated heterocycles. The van der Waals surface area contributed by atoms with Gasteiger partial charge in [0.15, 0.2) is 0 Å². The van der Waals surface area contributed by atoms with E-state index in [1.807, 2.05) is 0 Å². The quantitative estimate of drug-likeness (QED) is 0.669. The third kappa shape index (κ3) is 3.95. The van der Waals surface area contributed by atoms with Gasteiger partial charge in [-0.25, -0.2) is 0 Å². The second-order valence-electron chi connectivity index (χ2n) is 4.17. The lowest BCUT2D eigenvalue weighted by atomic mass is 9.93. The van der Waals surface area contributed by atoms with Crippen molar-refractivity contribution in [3.63, 3.8) is 0 Å². The van der Waals surface area contributed by atoms with Crippen LogP contribution in [0, 0.1) is 9.49 Å². The van der Waals surface area contributed by atoms with Gasteiger partial charge in [-0.2, -0.15) is 0 Å². The van der Waals surface area contributed by atoms with E-state index in [1.54, 1.807) is 0 Å². The maximum atomic E-state index is 6.09. The molecular formula is C13H18IN. The van der Waals surface area contributed by atoms with E-state index >= 15 is 0 Å². The van der Waals surface area contributed by atoms with Crippen LogP contribution in [-0.2, 0) is 6.42 Å². The number of benzene rings is 1. The molecule has 1 nitrogen and oxygen atoms in total. The van der Waals surface area contributed by atoms with Gasteiger partial charge in [0.1, 0.15) is 0 Å². The van der Waals surface area contributed by atoms with Crippen LogP contribution in [0.1, 0.15) is 19.4 Å². The van der Waals surface area contributed by atoms with Crippen LogP contribution in [0.5, 0.6) is 0 Å². The van der Waals surface area contributed by atoms with Crippen LogP contribution in [0.15, 0.2) is 36.4 Å². The highest BCUT2D eigenvalue weighted by molar-refractivity contribution is 14.1. The summed E-state index contributed by atoms with van der Waals surface area (Å²) in [7, 11) is 0. The number of halogens is 1. The summed E-state index contributed by atoms with van der Waals surface area (Å²) in [5.74, 6) is 0.462. The summed E-state index contributed by atoms with van der Waals surface area (Å²) in [4.78, 5) is 0. The Morgan fingerprint density at radius 3 is 2.33 bits per heavy atom. The van der Waals surface area contributed by atoms with Crippen molar-refractivity contribution >= 4 is 22.6 Å². The molecule has 1 aromatic rings. The van der Waals surface area contributed by atoms with E-state index in [4.69, 9.17) is 5.73 Å². The zero-order valence-corrected chi connectivity index (χ0v) is 11.5. The number of hydrogen-bond acceptors (Lipinski definition) is 1. The molecule has 0 radical (unpaired) electrons. The normalized spacial score (nSPS) is 12.9. The number of nitrogens with two attached hydrogens (primary N) is 1. The summed E-state index contributed by atoms with van der Waals surface area (Å²) in [5.41, 5.74) is 8.50. The summed E-state index contributed by atoms with van der Waals surface area (Å²) in [6, 6.07) is 8.57. The molecule has 0 unspecified atom stereocenters. The molecule has 0 saturated carbocycles. The first kappa shape index (κ1) is 12.7. The first-order chi connectivity index (χ1) is 7.00. The largest absolute Gasteiger partial charge is 0.324 e. The molecule has 0 heterocycles. The van der Waals surface area contributed by atoms with Gasteiger partial charge in [-0.1, -0.05) is 38.1 Å². The van der Waals surface area contributed by atoms with E-state index in [2.05, 4.69) is 67.3 Å². The van der Waals surface area contributed by atoms with Crippen LogP contribution in [0.3, 0.4) is 0 Å².